The van der Waals surface area contributed by atoms with E-state index in [1.54, 1.807) is 31.2 Å². The Morgan fingerprint density at radius 1 is 1.24 bits per heavy atom. The number of nitrogens with zero attached hydrogens (tertiary/aromatic N) is 2. The highest BCUT2D eigenvalue weighted by Gasteiger charge is 2.23. The van der Waals surface area contributed by atoms with Gasteiger partial charge in [-0.3, -0.25) is 14.9 Å². The molecule has 3 aromatic rings. The first-order valence-electron chi connectivity index (χ1n) is 7.28. The van der Waals surface area contributed by atoms with Gasteiger partial charge in [-0.15, -0.1) is 0 Å². The van der Waals surface area contributed by atoms with Crippen LogP contribution >= 0.6 is 0 Å². The molecule has 0 spiro atoms. The summed E-state index contributed by atoms with van der Waals surface area (Å²) in [6, 6.07) is 12.3. The molecule has 0 atom stereocenters. The summed E-state index contributed by atoms with van der Waals surface area (Å²) in [5.74, 6) is -0.594. The number of phenolic OH excluding ortho intramolecular Hbond substituents is 1. The van der Waals surface area contributed by atoms with Crippen LogP contribution < -0.4 is 5.32 Å². The highest BCUT2D eigenvalue weighted by molar-refractivity contribution is 6.09. The zero-order valence-corrected chi connectivity index (χ0v) is 13.1. The Morgan fingerprint density at radius 3 is 2.64 bits per heavy atom. The van der Waals surface area contributed by atoms with Crippen molar-refractivity contribution in [3.8, 4) is 17.1 Å². The standard InChI is InChI=1S/C17H13N3O5/c1-10-15(16(25-19-10)11-5-3-2-4-6-11)17(22)18-13-9-12(20(23)24)7-8-14(13)21/h2-9,21H,1H3,(H,18,22). The van der Waals surface area contributed by atoms with Gasteiger partial charge in [0.2, 0.25) is 0 Å². The van der Waals surface area contributed by atoms with Gasteiger partial charge < -0.3 is 14.9 Å². The van der Waals surface area contributed by atoms with Gasteiger partial charge in [0.15, 0.2) is 5.76 Å². The molecule has 8 heteroatoms. The van der Waals surface area contributed by atoms with Crippen molar-refractivity contribution in [1.29, 1.82) is 0 Å². The first kappa shape index (κ1) is 16.2. The van der Waals surface area contributed by atoms with Crippen LogP contribution in [-0.4, -0.2) is 21.1 Å². The molecule has 0 aliphatic rings. The molecule has 0 bridgehead atoms. The van der Waals surface area contributed by atoms with Crippen molar-refractivity contribution in [2.24, 2.45) is 0 Å². The number of hydrogen-bond donors (Lipinski definition) is 2. The van der Waals surface area contributed by atoms with Gasteiger partial charge in [-0.25, -0.2) is 0 Å². The number of benzene rings is 2. The minimum atomic E-state index is -0.616. The van der Waals surface area contributed by atoms with Crippen LogP contribution in [0.2, 0.25) is 0 Å². The Labute approximate surface area is 141 Å². The second-order valence-corrected chi connectivity index (χ2v) is 5.25. The third-order valence-electron chi connectivity index (χ3n) is 3.56. The molecule has 0 aliphatic carbocycles. The van der Waals surface area contributed by atoms with E-state index in [1.807, 2.05) is 6.07 Å². The lowest BCUT2D eigenvalue weighted by atomic mass is 10.1. The number of aromatic nitrogens is 1. The number of anilines is 1. The lowest BCUT2D eigenvalue weighted by Crippen LogP contribution is -2.13. The number of nitro benzene ring substituents is 1. The number of rotatable bonds is 4. The van der Waals surface area contributed by atoms with Crippen LogP contribution in [0.3, 0.4) is 0 Å². The fraction of sp³-hybridized carbons (Fsp3) is 0.0588. The summed E-state index contributed by atoms with van der Waals surface area (Å²) in [5, 5.41) is 27.0. The third-order valence-corrected chi connectivity index (χ3v) is 3.56. The average Bonchev–Trinajstić information content (AvgIpc) is 2.99. The molecule has 1 amide bonds. The first-order valence-corrected chi connectivity index (χ1v) is 7.28. The predicted octanol–water partition coefficient (Wildman–Crippen LogP) is 3.52. The van der Waals surface area contributed by atoms with Crippen molar-refractivity contribution in [3.05, 3.63) is 69.9 Å². The summed E-state index contributed by atoms with van der Waals surface area (Å²) < 4.78 is 5.25. The molecule has 0 unspecified atom stereocenters. The number of amides is 1. The molecule has 25 heavy (non-hydrogen) atoms. The Morgan fingerprint density at radius 2 is 1.96 bits per heavy atom. The lowest BCUT2D eigenvalue weighted by Gasteiger charge is -2.07. The van der Waals surface area contributed by atoms with Gasteiger partial charge >= 0.3 is 0 Å². The minimum Gasteiger partial charge on any atom is -0.506 e. The van der Waals surface area contributed by atoms with Gasteiger partial charge in [0.25, 0.3) is 11.6 Å². The number of carbonyl (C=O) groups is 1. The van der Waals surface area contributed by atoms with Crippen LogP contribution in [0.4, 0.5) is 11.4 Å². The molecule has 0 radical (unpaired) electrons. The Bertz CT molecular complexity index is 950. The maximum atomic E-state index is 12.6. The number of phenols is 1. The summed E-state index contributed by atoms with van der Waals surface area (Å²) in [5.41, 5.74) is 0.895. The number of nitrogens with one attached hydrogen (secondary N) is 1. The monoisotopic (exact) mass is 339 g/mol. The zero-order chi connectivity index (χ0) is 18.0. The molecule has 1 heterocycles. The highest BCUT2D eigenvalue weighted by atomic mass is 16.6. The van der Waals surface area contributed by atoms with E-state index >= 15 is 0 Å². The SMILES string of the molecule is Cc1noc(-c2ccccc2)c1C(=O)Nc1cc([N+](=O)[O-])ccc1O. The average molecular weight is 339 g/mol. The first-order chi connectivity index (χ1) is 12.0. The van der Waals surface area contributed by atoms with Gasteiger partial charge in [-0.05, 0) is 13.0 Å². The molecule has 0 saturated heterocycles. The highest BCUT2D eigenvalue weighted by Crippen LogP contribution is 2.31. The molecule has 2 N–H and O–H groups in total. The smallest absolute Gasteiger partial charge is 0.271 e. The Balaban J connectivity index is 1.97. The van der Waals surface area contributed by atoms with Crippen LogP contribution in [0.1, 0.15) is 16.1 Å². The summed E-state index contributed by atoms with van der Waals surface area (Å²) >= 11 is 0. The van der Waals surface area contributed by atoms with E-state index in [0.29, 0.717) is 11.3 Å². The predicted molar refractivity (Wildman–Crippen MR) is 89.4 cm³/mol. The number of hydrogen-bond acceptors (Lipinski definition) is 6. The molecule has 126 valence electrons. The Hall–Kier alpha value is -3.68. The van der Waals surface area contributed by atoms with E-state index in [0.717, 1.165) is 18.2 Å². The normalized spacial score (nSPS) is 10.4. The lowest BCUT2D eigenvalue weighted by molar-refractivity contribution is -0.384. The summed E-state index contributed by atoms with van der Waals surface area (Å²) in [7, 11) is 0. The van der Waals surface area contributed by atoms with Crippen molar-refractivity contribution in [2.45, 2.75) is 6.92 Å². The molecule has 0 saturated carbocycles. The maximum absolute atomic E-state index is 12.6. The number of aryl methyl sites for hydroxylation is 1. The van der Waals surface area contributed by atoms with Crippen LogP contribution in [0.25, 0.3) is 11.3 Å². The number of carbonyl (C=O) groups excluding carboxylic acids is 1. The van der Waals surface area contributed by atoms with Crippen LogP contribution in [0.5, 0.6) is 5.75 Å². The van der Waals surface area contributed by atoms with Crippen molar-refractivity contribution >= 4 is 17.3 Å². The van der Waals surface area contributed by atoms with E-state index < -0.39 is 10.8 Å². The number of aromatic hydroxyl groups is 1. The van der Waals surface area contributed by atoms with Crippen molar-refractivity contribution < 1.29 is 19.3 Å². The molecule has 0 fully saturated rings. The molecule has 8 nitrogen and oxygen atoms in total. The molecular formula is C17H13N3O5. The zero-order valence-electron chi connectivity index (χ0n) is 13.1. The van der Waals surface area contributed by atoms with Crippen LogP contribution in [0.15, 0.2) is 53.1 Å². The largest absolute Gasteiger partial charge is 0.506 e. The van der Waals surface area contributed by atoms with E-state index in [4.69, 9.17) is 4.52 Å². The van der Waals surface area contributed by atoms with Crippen molar-refractivity contribution in [1.82, 2.24) is 5.16 Å². The van der Waals surface area contributed by atoms with Gasteiger partial charge in [0.05, 0.1) is 16.3 Å². The van der Waals surface area contributed by atoms with Crippen LogP contribution in [0, 0.1) is 17.0 Å². The van der Waals surface area contributed by atoms with Crippen LogP contribution in [-0.2, 0) is 0 Å². The Kier molecular flexibility index (Phi) is 4.17. The van der Waals surface area contributed by atoms with Gasteiger partial charge in [0.1, 0.15) is 11.3 Å². The fourth-order valence-electron chi connectivity index (χ4n) is 2.35. The molecule has 3 rings (SSSR count). The number of non-ortho nitro benzene ring substituents is 1. The summed E-state index contributed by atoms with van der Waals surface area (Å²) in [6.07, 6.45) is 0. The second kappa shape index (κ2) is 6.44. The fourth-order valence-corrected chi connectivity index (χ4v) is 2.35. The molecule has 0 aliphatic heterocycles. The van der Waals surface area contributed by atoms with Gasteiger partial charge in [0, 0.05) is 17.7 Å². The number of nitro groups is 1. The van der Waals surface area contributed by atoms with Crippen molar-refractivity contribution in [2.75, 3.05) is 5.32 Å². The quantitative estimate of drug-likeness (QED) is 0.426. The minimum absolute atomic E-state index is 0.0705. The third kappa shape index (κ3) is 3.18. The molecule has 1 aromatic heterocycles. The van der Waals surface area contributed by atoms with Gasteiger partial charge in [-0.1, -0.05) is 35.5 Å². The molecular weight excluding hydrogens is 326 g/mol. The second-order valence-electron chi connectivity index (χ2n) is 5.25. The van der Waals surface area contributed by atoms with Crippen molar-refractivity contribution in [3.63, 3.8) is 0 Å². The maximum Gasteiger partial charge on any atom is 0.271 e. The topological polar surface area (TPSA) is 119 Å². The van der Waals surface area contributed by atoms with E-state index in [1.165, 1.54) is 0 Å². The van der Waals surface area contributed by atoms with E-state index in [9.17, 15) is 20.0 Å². The molecule has 2 aromatic carbocycles. The van der Waals surface area contributed by atoms with E-state index in [-0.39, 0.29) is 28.4 Å². The summed E-state index contributed by atoms with van der Waals surface area (Å²) in [6.45, 7) is 1.61. The summed E-state index contributed by atoms with van der Waals surface area (Å²) in [4.78, 5) is 22.9. The van der Waals surface area contributed by atoms with Gasteiger partial charge in [-0.2, -0.15) is 0 Å². The van der Waals surface area contributed by atoms with E-state index in [2.05, 4.69) is 10.5 Å².